The van der Waals surface area contributed by atoms with Crippen LogP contribution in [0.15, 0.2) is 30.5 Å². The Bertz CT molecular complexity index is 719. The van der Waals surface area contributed by atoms with Gasteiger partial charge in [-0.05, 0) is 50.9 Å². The third-order valence-electron chi connectivity index (χ3n) is 4.90. The van der Waals surface area contributed by atoms with Crippen molar-refractivity contribution in [2.45, 2.75) is 32.4 Å². The summed E-state index contributed by atoms with van der Waals surface area (Å²) in [5.41, 5.74) is 3.90. The Hall–Kier alpha value is -2.16. The van der Waals surface area contributed by atoms with Crippen LogP contribution in [0.5, 0.6) is 0 Å². The van der Waals surface area contributed by atoms with Gasteiger partial charge in [-0.1, -0.05) is 12.1 Å². The molecule has 3 rings (SSSR count). The molecule has 1 aromatic carbocycles. The average Bonchev–Trinajstić information content (AvgIpc) is 2.96. The molecule has 5 nitrogen and oxygen atoms in total. The van der Waals surface area contributed by atoms with Crippen molar-refractivity contribution in [1.29, 1.82) is 5.26 Å². The van der Waals surface area contributed by atoms with E-state index in [1.807, 2.05) is 42.9 Å². The highest BCUT2D eigenvalue weighted by Crippen LogP contribution is 2.26. The van der Waals surface area contributed by atoms with E-state index in [9.17, 15) is 5.11 Å². The van der Waals surface area contributed by atoms with Crippen molar-refractivity contribution in [3.05, 3.63) is 41.6 Å². The molecule has 0 saturated carbocycles. The van der Waals surface area contributed by atoms with Crippen molar-refractivity contribution in [1.82, 2.24) is 14.7 Å². The number of piperidine rings is 1. The summed E-state index contributed by atoms with van der Waals surface area (Å²) in [7, 11) is 1.94. The topological polar surface area (TPSA) is 65.1 Å². The molecule has 2 aromatic rings. The molecule has 5 heteroatoms. The second kappa shape index (κ2) is 7.16. The van der Waals surface area contributed by atoms with Crippen LogP contribution in [0.2, 0.25) is 0 Å². The molecule has 2 heterocycles. The zero-order chi connectivity index (χ0) is 17.1. The molecule has 1 saturated heterocycles. The van der Waals surface area contributed by atoms with Crippen LogP contribution in [0, 0.1) is 17.2 Å². The normalized spacial score (nSPS) is 17.6. The molecule has 0 amide bonds. The Balaban J connectivity index is 1.74. The first kappa shape index (κ1) is 16.7. The number of aliphatic hydroxyl groups is 1. The van der Waals surface area contributed by atoms with E-state index in [1.165, 1.54) is 5.56 Å². The van der Waals surface area contributed by atoms with Gasteiger partial charge in [-0.25, -0.2) is 0 Å². The molecule has 1 N–H and O–H groups in total. The van der Waals surface area contributed by atoms with Gasteiger partial charge in [-0.3, -0.25) is 9.58 Å². The lowest BCUT2D eigenvalue weighted by atomic mass is 9.92. The number of aromatic nitrogens is 2. The summed E-state index contributed by atoms with van der Waals surface area (Å²) in [6.07, 6.45) is 3.96. The van der Waals surface area contributed by atoms with E-state index in [-0.39, 0.29) is 6.10 Å². The zero-order valence-electron chi connectivity index (χ0n) is 14.3. The van der Waals surface area contributed by atoms with Crippen LogP contribution < -0.4 is 0 Å². The van der Waals surface area contributed by atoms with Crippen molar-refractivity contribution in [2.24, 2.45) is 13.0 Å². The molecule has 0 bridgehead atoms. The molecule has 0 radical (unpaired) electrons. The van der Waals surface area contributed by atoms with Crippen LogP contribution in [0.1, 0.15) is 30.9 Å². The Labute approximate surface area is 143 Å². The second-order valence-electron chi connectivity index (χ2n) is 6.72. The van der Waals surface area contributed by atoms with Gasteiger partial charge in [0.15, 0.2) is 0 Å². The summed E-state index contributed by atoms with van der Waals surface area (Å²) in [6, 6.07) is 9.75. The summed E-state index contributed by atoms with van der Waals surface area (Å²) in [4.78, 5) is 2.43. The summed E-state index contributed by atoms with van der Waals surface area (Å²) < 4.78 is 1.85. The monoisotopic (exact) mass is 324 g/mol. The molecule has 0 aliphatic carbocycles. The summed E-state index contributed by atoms with van der Waals surface area (Å²) in [5, 5.41) is 23.3. The average molecular weight is 324 g/mol. The fourth-order valence-electron chi connectivity index (χ4n) is 3.43. The molecule has 1 unspecified atom stereocenters. The third-order valence-corrected chi connectivity index (χ3v) is 4.90. The van der Waals surface area contributed by atoms with Gasteiger partial charge in [-0.2, -0.15) is 10.4 Å². The number of benzene rings is 1. The fraction of sp³-hybridized carbons (Fsp3) is 0.474. The van der Waals surface area contributed by atoms with E-state index in [0.29, 0.717) is 11.5 Å². The minimum atomic E-state index is -0.209. The molecule has 1 atom stereocenters. The molecule has 24 heavy (non-hydrogen) atoms. The van der Waals surface area contributed by atoms with Gasteiger partial charge in [0, 0.05) is 30.9 Å². The van der Waals surface area contributed by atoms with Crippen molar-refractivity contribution in [2.75, 3.05) is 13.1 Å². The van der Waals surface area contributed by atoms with E-state index in [0.717, 1.165) is 43.7 Å². The Morgan fingerprint density at radius 1 is 1.29 bits per heavy atom. The minimum Gasteiger partial charge on any atom is -0.393 e. The largest absolute Gasteiger partial charge is 0.393 e. The predicted octanol–water partition coefficient (Wildman–Crippen LogP) is 2.55. The van der Waals surface area contributed by atoms with E-state index in [1.54, 1.807) is 0 Å². The van der Waals surface area contributed by atoms with Gasteiger partial charge in [0.2, 0.25) is 0 Å². The molecule has 1 aliphatic heterocycles. The van der Waals surface area contributed by atoms with Gasteiger partial charge in [-0.15, -0.1) is 0 Å². The van der Waals surface area contributed by atoms with Gasteiger partial charge in [0.05, 0.1) is 23.4 Å². The zero-order valence-corrected chi connectivity index (χ0v) is 14.3. The van der Waals surface area contributed by atoms with Crippen molar-refractivity contribution in [3.63, 3.8) is 0 Å². The number of hydrogen-bond donors (Lipinski definition) is 1. The number of likely N-dealkylation sites (tertiary alicyclic amines) is 1. The van der Waals surface area contributed by atoms with Crippen LogP contribution in [0.3, 0.4) is 0 Å². The summed E-state index contributed by atoms with van der Waals surface area (Å²) in [6.45, 7) is 4.79. The second-order valence-corrected chi connectivity index (χ2v) is 6.72. The molecule has 1 fully saturated rings. The number of hydrogen-bond acceptors (Lipinski definition) is 4. The van der Waals surface area contributed by atoms with Gasteiger partial charge >= 0.3 is 0 Å². The first-order valence-electron chi connectivity index (χ1n) is 8.50. The summed E-state index contributed by atoms with van der Waals surface area (Å²) >= 11 is 0. The fourth-order valence-corrected chi connectivity index (χ4v) is 3.43. The van der Waals surface area contributed by atoms with Crippen LogP contribution >= 0.6 is 0 Å². The van der Waals surface area contributed by atoms with Crippen molar-refractivity contribution in [3.8, 4) is 17.3 Å². The number of aliphatic hydroxyl groups excluding tert-OH is 1. The van der Waals surface area contributed by atoms with E-state index < -0.39 is 0 Å². The maximum absolute atomic E-state index is 9.74. The Morgan fingerprint density at radius 2 is 1.96 bits per heavy atom. The van der Waals surface area contributed by atoms with Crippen LogP contribution in [-0.4, -0.2) is 39.0 Å². The quantitative estimate of drug-likeness (QED) is 0.939. The number of aryl methyl sites for hydroxylation is 1. The van der Waals surface area contributed by atoms with E-state index >= 15 is 0 Å². The van der Waals surface area contributed by atoms with E-state index in [4.69, 9.17) is 5.26 Å². The molecule has 1 aromatic heterocycles. The lowest BCUT2D eigenvalue weighted by Gasteiger charge is -2.33. The highest BCUT2D eigenvalue weighted by Gasteiger charge is 2.23. The standard InChI is InChI=1S/C19H24N4O/c1-14(24)16-7-9-23(10-8-16)13-18-12-22(2)21-19(18)17-5-3-15(11-20)4-6-17/h3-6,12,14,16,24H,7-10,13H2,1-2H3. The first-order valence-corrected chi connectivity index (χ1v) is 8.50. The number of nitriles is 1. The van der Waals surface area contributed by atoms with Crippen LogP contribution in [-0.2, 0) is 13.6 Å². The predicted molar refractivity (Wildman–Crippen MR) is 93.0 cm³/mol. The minimum absolute atomic E-state index is 0.209. The van der Waals surface area contributed by atoms with Crippen molar-refractivity contribution < 1.29 is 5.11 Å². The lowest BCUT2D eigenvalue weighted by Crippen LogP contribution is -2.36. The SMILES string of the molecule is CC(O)C1CCN(Cc2cn(C)nc2-c2ccc(C#N)cc2)CC1. The highest BCUT2D eigenvalue weighted by molar-refractivity contribution is 5.63. The molecular formula is C19H24N4O. The highest BCUT2D eigenvalue weighted by atomic mass is 16.3. The maximum Gasteiger partial charge on any atom is 0.0991 e. The van der Waals surface area contributed by atoms with E-state index in [2.05, 4.69) is 22.3 Å². The number of nitrogens with zero attached hydrogens (tertiary/aromatic N) is 4. The van der Waals surface area contributed by atoms with Gasteiger partial charge in [0.25, 0.3) is 0 Å². The van der Waals surface area contributed by atoms with Crippen molar-refractivity contribution >= 4 is 0 Å². The molecule has 0 spiro atoms. The third kappa shape index (κ3) is 3.66. The maximum atomic E-state index is 9.74. The van der Waals surface area contributed by atoms with Gasteiger partial charge in [0.1, 0.15) is 0 Å². The van der Waals surface area contributed by atoms with Crippen LogP contribution in [0.25, 0.3) is 11.3 Å². The first-order chi connectivity index (χ1) is 11.6. The molecule has 1 aliphatic rings. The summed E-state index contributed by atoms with van der Waals surface area (Å²) in [5.74, 6) is 0.424. The molecule has 126 valence electrons. The Morgan fingerprint density at radius 3 is 2.54 bits per heavy atom. The van der Waals surface area contributed by atoms with Gasteiger partial charge < -0.3 is 5.11 Å². The smallest absolute Gasteiger partial charge is 0.0991 e. The number of rotatable bonds is 4. The molecular weight excluding hydrogens is 300 g/mol. The lowest BCUT2D eigenvalue weighted by molar-refractivity contribution is 0.0696. The van der Waals surface area contributed by atoms with Crippen LogP contribution in [0.4, 0.5) is 0 Å². The Kier molecular flexibility index (Phi) is 4.98.